The van der Waals surface area contributed by atoms with E-state index in [9.17, 15) is 9.50 Å². The Morgan fingerprint density at radius 2 is 2.07 bits per heavy atom. The third-order valence-electron chi connectivity index (χ3n) is 3.64. The van der Waals surface area contributed by atoms with Crippen LogP contribution in [0.25, 0.3) is 0 Å². The van der Waals surface area contributed by atoms with Crippen LogP contribution in [0.1, 0.15) is 36.0 Å². The largest absolute Gasteiger partial charge is 0.390 e. The van der Waals surface area contributed by atoms with Gasteiger partial charge in [0, 0.05) is 6.42 Å². The highest BCUT2D eigenvalue weighted by molar-refractivity contribution is 5.38. The highest BCUT2D eigenvalue weighted by Crippen LogP contribution is 2.39. The Morgan fingerprint density at radius 3 is 2.80 bits per heavy atom. The molecule has 2 aliphatic carbocycles. The number of fused-ring (bicyclic) bond motifs is 1. The van der Waals surface area contributed by atoms with Crippen molar-refractivity contribution in [3.05, 3.63) is 34.6 Å². The van der Waals surface area contributed by atoms with Crippen molar-refractivity contribution in [2.45, 2.75) is 44.1 Å². The predicted molar refractivity (Wildman–Crippen MR) is 56.3 cm³/mol. The van der Waals surface area contributed by atoms with Gasteiger partial charge in [0.1, 0.15) is 5.82 Å². The zero-order chi connectivity index (χ0) is 10.5. The van der Waals surface area contributed by atoms with Gasteiger partial charge in [-0.25, -0.2) is 4.39 Å². The van der Waals surface area contributed by atoms with E-state index in [1.807, 2.05) is 12.1 Å². The summed E-state index contributed by atoms with van der Waals surface area (Å²) in [5, 5.41) is 9.79. The predicted octanol–water partition coefficient (Wildman–Crippen LogP) is 2.38. The molecular formula is C13H15FO. The molecule has 1 aromatic carbocycles. The Labute approximate surface area is 88.9 Å². The molecule has 0 bridgehead atoms. The van der Waals surface area contributed by atoms with E-state index in [4.69, 9.17) is 0 Å². The highest BCUT2D eigenvalue weighted by Gasteiger charge is 2.41. The number of halogens is 1. The fourth-order valence-electron chi connectivity index (χ4n) is 2.48. The van der Waals surface area contributed by atoms with Gasteiger partial charge in [0.2, 0.25) is 0 Å². The molecule has 1 fully saturated rings. The summed E-state index contributed by atoms with van der Waals surface area (Å²) in [6.07, 6.45) is 5.09. The van der Waals surface area contributed by atoms with E-state index in [1.165, 1.54) is 5.56 Å². The van der Waals surface area contributed by atoms with E-state index in [2.05, 4.69) is 0 Å². The summed E-state index contributed by atoms with van der Waals surface area (Å²) in [5.41, 5.74) is 2.18. The fourth-order valence-corrected chi connectivity index (χ4v) is 2.48. The number of rotatable bonds is 2. The number of hydrogen-bond donors (Lipinski definition) is 1. The molecule has 80 valence electrons. The normalized spacial score (nSPS) is 21.5. The minimum Gasteiger partial charge on any atom is -0.390 e. The van der Waals surface area contributed by atoms with Crippen molar-refractivity contribution in [1.82, 2.24) is 0 Å². The Balaban J connectivity index is 1.95. The van der Waals surface area contributed by atoms with Gasteiger partial charge in [-0.1, -0.05) is 12.1 Å². The first kappa shape index (κ1) is 9.34. The monoisotopic (exact) mass is 206 g/mol. The molecule has 1 nitrogen and oxygen atoms in total. The highest BCUT2D eigenvalue weighted by atomic mass is 19.1. The standard InChI is InChI=1S/C13H15FO/c14-12-10(8-13(15)6-7-13)5-4-9-2-1-3-11(9)12/h4-5,15H,1-3,6-8H2. The van der Waals surface area contributed by atoms with Gasteiger partial charge >= 0.3 is 0 Å². The minimum absolute atomic E-state index is 0.0506. The van der Waals surface area contributed by atoms with Crippen LogP contribution in [-0.2, 0) is 19.3 Å². The molecule has 3 rings (SSSR count). The Bertz CT molecular complexity index is 407. The molecule has 0 unspecified atom stereocenters. The topological polar surface area (TPSA) is 20.2 Å². The molecule has 2 heteroatoms. The minimum atomic E-state index is -0.590. The molecule has 15 heavy (non-hydrogen) atoms. The molecule has 0 aliphatic heterocycles. The zero-order valence-corrected chi connectivity index (χ0v) is 8.72. The summed E-state index contributed by atoms with van der Waals surface area (Å²) in [4.78, 5) is 0. The molecule has 0 spiro atoms. The SMILES string of the molecule is OC1(Cc2ccc3c(c2F)CCC3)CC1. The van der Waals surface area contributed by atoms with E-state index in [0.717, 1.165) is 37.7 Å². The van der Waals surface area contributed by atoms with Crippen LogP contribution in [-0.4, -0.2) is 10.7 Å². The average molecular weight is 206 g/mol. The van der Waals surface area contributed by atoms with Crippen molar-refractivity contribution in [1.29, 1.82) is 0 Å². The van der Waals surface area contributed by atoms with Crippen LogP contribution in [0.3, 0.4) is 0 Å². The first-order valence-electron chi connectivity index (χ1n) is 5.69. The molecule has 2 aliphatic rings. The quantitative estimate of drug-likeness (QED) is 0.787. The van der Waals surface area contributed by atoms with Crippen molar-refractivity contribution in [3.8, 4) is 0 Å². The number of hydrogen-bond acceptors (Lipinski definition) is 1. The van der Waals surface area contributed by atoms with Crippen LogP contribution >= 0.6 is 0 Å². The number of aliphatic hydroxyl groups is 1. The molecule has 0 amide bonds. The smallest absolute Gasteiger partial charge is 0.129 e. The van der Waals surface area contributed by atoms with Gasteiger partial charge in [-0.2, -0.15) is 0 Å². The van der Waals surface area contributed by atoms with E-state index < -0.39 is 5.60 Å². The molecule has 1 aromatic rings. The van der Waals surface area contributed by atoms with Crippen molar-refractivity contribution in [2.75, 3.05) is 0 Å². The van der Waals surface area contributed by atoms with Crippen LogP contribution in [0, 0.1) is 5.82 Å². The van der Waals surface area contributed by atoms with E-state index >= 15 is 0 Å². The molecule has 1 N–H and O–H groups in total. The van der Waals surface area contributed by atoms with Gasteiger partial charge in [0.05, 0.1) is 5.60 Å². The summed E-state index contributed by atoms with van der Waals surface area (Å²) in [5.74, 6) is -0.0506. The van der Waals surface area contributed by atoms with Crippen LogP contribution in [0.4, 0.5) is 4.39 Å². The second-order valence-corrected chi connectivity index (χ2v) is 4.93. The lowest BCUT2D eigenvalue weighted by Gasteiger charge is -2.11. The lowest BCUT2D eigenvalue weighted by atomic mass is 10.00. The van der Waals surface area contributed by atoms with E-state index in [1.54, 1.807) is 0 Å². The first-order valence-corrected chi connectivity index (χ1v) is 5.69. The lowest BCUT2D eigenvalue weighted by Crippen LogP contribution is -2.12. The fraction of sp³-hybridized carbons (Fsp3) is 0.538. The van der Waals surface area contributed by atoms with E-state index in [0.29, 0.717) is 12.0 Å². The van der Waals surface area contributed by atoms with Crippen molar-refractivity contribution >= 4 is 0 Å². The van der Waals surface area contributed by atoms with Gasteiger partial charge < -0.3 is 5.11 Å². The second-order valence-electron chi connectivity index (χ2n) is 4.93. The average Bonchev–Trinajstić information content (AvgIpc) is 2.78. The number of benzene rings is 1. The maximum atomic E-state index is 14.0. The van der Waals surface area contributed by atoms with Gasteiger partial charge in [0.15, 0.2) is 0 Å². The summed E-state index contributed by atoms with van der Waals surface area (Å²) in [7, 11) is 0. The third kappa shape index (κ3) is 1.57. The van der Waals surface area contributed by atoms with Crippen LogP contribution in [0.15, 0.2) is 12.1 Å². The van der Waals surface area contributed by atoms with Gasteiger partial charge in [-0.3, -0.25) is 0 Å². The molecule has 0 aromatic heterocycles. The van der Waals surface area contributed by atoms with Crippen molar-refractivity contribution in [3.63, 3.8) is 0 Å². The molecule has 1 saturated carbocycles. The Kier molecular flexibility index (Phi) is 1.90. The molecule has 0 radical (unpaired) electrons. The Hall–Kier alpha value is -0.890. The molecule has 0 atom stereocenters. The maximum Gasteiger partial charge on any atom is 0.129 e. The molecule has 0 heterocycles. The summed E-state index contributed by atoms with van der Waals surface area (Å²) < 4.78 is 14.0. The van der Waals surface area contributed by atoms with Crippen molar-refractivity contribution in [2.24, 2.45) is 0 Å². The summed E-state index contributed by atoms with van der Waals surface area (Å²) in [6.45, 7) is 0. The van der Waals surface area contributed by atoms with E-state index in [-0.39, 0.29) is 5.82 Å². The zero-order valence-electron chi connectivity index (χ0n) is 8.72. The second kappa shape index (κ2) is 3.05. The van der Waals surface area contributed by atoms with Crippen molar-refractivity contribution < 1.29 is 9.50 Å². The van der Waals surface area contributed by atoms with Gasteiger partial charge in [-0.15, -0.1) is 0 Å². The molecular weight excluding hydrogens is 191 g/mol. The molecule has 0 saturated heterocycles. The summed E-state index contributed by atoms with van der Waals surface area (Å²) in [6, 6.07) is 3.89. The van der Waals surface area contributed by atoms with Crippen LogP contribution in [0.5, 0.6) is 0 Å². The van der Waals surface area contributed by atoms with Gasteiger partial charge in [-0.05, 0) is 48.8 Å². The Morgan fingerprint density at radius 1 is 1.27 bits per heavy atom. The summed E-state index contributed by atoms with van der Waals surface area (Å²) >= 11 is 0. The maximum absolute atomic E-state index is 14.0. The van der Waals surface area contributed by atoms with Crippen LogP contribution < -0.4 is 0 Å². The third-order valence-corrected chi connectivity index (χ3v) is 3.64. The first-order chi connectivity index (χ1) is 7.18. The van der Waals surface area contributed by atoms with Gasteiger partial charge in [0.25, 0.3) is 0 Å². The lowest BCUT2D eigenvalue weighted by molar-refractivity contribution is 0.149. The number of aryl methyl sites for hydroxylation is 1. The van der Waals surface area contributed by atoms with Crippen LogP contribution in [0.2, 0.25) is 0 Å².